The summed E-state index contributed by atoms with van der Waals surface area (Å²) in [5, 5.41) is 5.01. The van der Waals surface area contributed by atoms with E-state index in [1.54, 1.807) is 0 Å². The number of hydrogen-bond acceptors (Lipinski definition) is 2. The van der Waals surface area contributed by atoms with E-state index >= 15 is 0 Å². The van der Waals surface area contributed by atoms with Gasteiger partial charge < -0.3 is 9.13 Å². The van der Waals surface area contributed by atoms with Gasteiger partial charge in [-0.05, 0) is 65.7 Å². The lowest BCUT2D eigenvalue weighted by atomic mass is 9.98. The van der Waals surface area contributed by atoms with Crippen LogP contribution in [0.5, 0.6) is 0 Å². The van der Waals surface area contributed by atoms with Crippen molar-refractivity contribution in [3.63, 3.8) is 0 Å². The predicted octanol–water partition coefficient (Wildman–Crippen LogP) is 13.3. The van der Waals surface area contributed by atoms with E-state index < -0.39 is 0 Å². The molecule has 0 fully saturated rings. The van der Waals surface area contributed by atoms with Crippen molar-refractivity contribution >= 4 is 43.6 Å². The second-order valence-corrected chi connectivity index (χ2v) is 14.2. The van der Waals surface area contributed by atoms with Gasteiger partial charge in [-0.15, -0.1) is 0 Å². The Morgan fingerprint density at radius 3 is 1.30 bits per heavy atom. The highest BCUT2D eigenvalue weighted by Gasteiger charge is 2.21. The van der Waals surface area contributed by atoms with E-state index in [-0.39, 0.29) is 0 Å². The number of benzene rings is 8. The first-order valence-corrected chi connectivity index (χ1v) is 19.0. The summed E-state index contributed by atoms with van der Waals surface area (Å²) in [4.78, 5) is 10.4. The van der Waals surface area contributed by atoms with Gasteiger partial charge >= 0.3 is 0 Å². The Labute approximate surface area is 324 Å². The first-order chi connectivity index (χ1) is 27.8. The van der Waals surface area contributed by atoms with E-state index in [0.29, 0.717) is 5.82 Å². The van der Waals surface area contributed by atoms with Crippen molar-refractivity contribution in [2.24, 2.45) is 0 Å². The smallest absolute Gasteiger partial charge is 0.161 e. The molecule has 8 aromatic carbocycles. The molecule has 0 unspecified atom stereocenters. The molecule has 0 N–H and O–H groups in total. The number of aromatic nitrogens is 4. The van der Waals surface area contributed by atoms with Crippen molar-refractivity contribution < 1.29 is 0 Å². The molecule has 3 heterocycles. The third-order valence-corrected chi connectivity index (χ3v) is 11.0. The molecule has 0 radical (unpaired) electrons. The topological polar surface area (TPSA) is 35.6 Å². The molecule has 11 rings (SSSR count). The molecule has 0 spiro atoms. The molecule has 56 heavy (non-hydrogen) atoms. The van der Waals surface area contributed by atoms with Gasteiger partial charge in [-0.1, -0.05) is 152 Å². The summed E-state index contributed by atoms with van der Waals surface area (Å²) in [6.07, 6.45) is 0. The van der Waals surface area contributed by atoms with Crippen LogP contribution in [0.3, 0.4) is 0 Å². The fourth-order valence-corrected chi connectivity index (χ4v) is 8.45. The maximum Gasteiger partial charge on any atom is 0.161 e. The van der Waals surface area contributed by atoms with Crippen LogP contribution in [0.25, 0.3) is 100 Å². The van der Waals surface area contributed by atoms with E-state index in [0.717, 1.165) is 50.6 Å². The minimum absolute atomic E-state index is 0.700. The van der Waals surface area contributed by atoms with Gasteiger partial charge in [-0.2, -0.15) is 0 Å². The zero-order chi connectivity index (χ0) is 37.0. The molecule has 0 amide bonds. The lowest BCUT2D eigenvalue weighted by Crippen LogP contribution is -1.98. The SMILES string of the molecule is c1ccc(-c2cc(-c3ccc(-n4c5ccccc5c5c6c7ccccc7n(-c7ccccc7)c6ccc54)cc3)nc(-c3ccccc3-c3ccccc3)n2)cc1. The average Bonchev–Trinajstić information content (AvgIpc) is 3.80. The predicted molar refractivity (Wildman–Crippen MR) is 232 cm³/mol. The highest BCUT2D eigenvalue weighted by molar-refractivity contribution is 6.28. The Kier molecular flexibility index (Phi) is 7.46. The summed E-state index contributed by atoms with van der Waals surface area (Å²) in [5.41, 5.74) is 14.1. The van der Waals surface area contributed by atoms with E-state index in [2.05, 4.69) is 203 Å². The van der Waals surface area contributed by atoms with Crippen molar-refractivity contribution in [2.45, 2.75) is 0 Å². The molecule has 0 atom stereocenters. The van der Waals surface area contributed by atoms with Crippen LogP contribution in [0.4, 0.5) is 0 Å². The standard InChI is InChI=1S/C52H34N4/c1-4-16-35(17-5-1)40-22-10-11-23-41(40)52-53-44(36-18-6-2-7-19-36)34-45(54-52)37-28-30-39(31-29-37)56-47-27-15-13-25-43(47)51-49(56)33-32-48-50(51)42-24-12-14-26-46(42)55(48)38-20-8-3-9-21-38/h1-34H. The maximum atomic E-state index is 5.25. The number of para-hydroxylation sites is 3. The minimum Gasteiger partial charge on any atom is -0.309 e. The average molecular weight is 715 g/mol. The van der Waals surface area contributed by atoms with E-state index in [4.69, 9.17) is 9.97 Å². The van der Waals surface area contributed by atoms with Crippen LogP contribution in [-0.2, 0) is 0 Å². The minimum atomic E-state index is 0.700. The van der Waals surface area contributed by atoms with Gasteiger partial charge in [0.15, 0.2) is 5.82 Å². The first-order valence-electron chi connectivity index (χ1n) is 19.0. The van der Waals surface area contributed by atoms with Crippen molar-refractivity contribution in [2.75, 3.05) is 0 Å². The first kappa shape index (κ1) is 31.9. The number of hydrogen-bond donors (Lipinski definition) is 0. The highest BCUT2D eigenvalue weighted by Crippen LogP contribution is 2.42. The molecule has 4 heteroatoms. The molecule has 0 saturated carbocycles. The lowest BCUT2D eigenvalue weighted by Gasteiger charge is -2.13. The third kappa shape index (κ3) is 5.15. The Balaban J connectivity index is 1.09. The van der Waals surface area contributed by atoms with Gasteiger partial charge in [-0.25, -0.2) is 9.97 Å². The summed E-state index contributed by atoms with van der Waals surface area (Å²) in [7, 11) is 0. The van der Waals surface area contributed by atoms with Crippen LogP contribution < -0.4 is 0 Å². The van der Waals surface area contributed by atoms with Gasteiger partial charge in [0.2, 0.25) is 0 Å². The van der Waals surface area contributed by atoms with Crippen LogP contribution in [0.1, 0.15) is 0 Å². The van der Waals surface area contributed by atoms with Crippen LogP contribution in [0.15, 0.2) is 206 Å². The van der Waals surface area contributed by atoms with E-state index in [9.17, 15) is 0 Å². The Morgan fingerprint density at radius 1 is 0.304 bits per heavy atom. The summed E-state index contributed by atoms with van der Waals surface area (Å²) < 4.78 is 4.79. The second kappa shape index (κ2) is 13.1. The quantitative estimate of drug-likeness (QED) is 0.172. The fourth-order valence-electron chi connectivity index (χ4n) is 8.45. The summed E-state index contributed by atoms with van der Waals surface area (Å²) >= 11 is 0. The molecule has 0 aliphatic carbocycles. The van der Waals surface area contributed by atoms with Crippen molar-refractivity contribution in [1.82, 2.24) is 19.1 Å². The van der Waals surface area contributed by atoms with Crippen LogP contribution in [0, 0.1) is 0 Å². The third-order valence-electron chi connectivity index (χ3n) is 11.0. The van der Waals surface area contributed by atoms with Crippen molar-refractivity contribution in [1.29, 1.82) is 0 Å². The normalized spacial score (nSPS) is 11.6. The lowest BCUT2D eigenvalue weighted by molar-refractivity contribution is 1.17. The maximum absolute atomic E-state index is 5.25. The monoisotopic (exact) mass is 714 g/mol. The Bertz CT molecular complexity index is 3220. The fraction of sp³-hybridized carbons (Fsp3) is 0. The van der Waals surface area contributed by atoms with Gasteiger partial charge in [-0.3, -0.25) is 0 Å². The molecular formula is C52H34N4. The number of nitrogens with zero attached hydrogens (tertiary/aromatic N) is 4. The molecule has 0 aliphatic heterocycles. The van der Waals surface area contributed by atoms with Crippen LogP contribution in [-0.4, -0.2) is 19.1 Å². The Hall–Kier alpha value is -7.56. The van der Waals surface area contributed by atoms with E-state index in [1.165, 1.54) is 43.6 Å². The Morgan fingerprint density at radius 2 is 0.732 bits per heavy atom. The van der Waals surface area contributed by atoms with Crippen LogP contribution >= 0.6 is 0 Å². The largest absolute Gasteiger partial charge is 0.309 e. The van der Waals surface area contributed by atoms with Crippen molar-refractivity contribution in [3.8, 4) is 56.4 Å². The molecule has 0 saturated heterocycles. The van der Waals surface area contributed by atoms with Crippen LogP contribution in [0.2, 0.25) is 0 Å². The molecule has 0 bridgehead atoms. The summed E-state index contributed by atoms with van der Waals surface area (Å²) in [6.45, 7) is 0. The van der Waals surface area contributed by atoms with Gasteiger partial charge in [0.25, 0.3) is 0 Å². The van der Waals surface area contributed by atoms with Gasteiger partial charge in [0, 0.05) is 49.6 Å². The van der Waals surface area contributed by atoms with Gasteiger partial charge in [0.05, 0.1) is 33.5 Å². The van der Waals surface area contributed by atoms with Crippen molar-refractivity contribution in [3.05, 3.63) is 206 Å². The number of fused-ring (bicyclic) bond motifs is 7. The van der Waals surface area contributed by atoms with E-state index in [1.807, 2.05) is 12.1 Å². The molecule has 4 nitrogen and oxygen atoms in total. The molecule has 11 aromatic rings. The second-order valence-electron chi connectivity index (χ2n) is 14.2. The molecule has 262 valence electrons. The highest BCUT2D eigenvalue weighted by atomic mass is 15.0. The molecule has 0 aliphatic rings. The zero-order valence-electron chi connectivity index (χ0n) is 30.4. The summed E-state index contributed by atoms with van der Waals surface area (Å²) in [5.74, 6) is 0.700. The molecular weight excluding hydrogens is 681 g/mol. The summed E-state index contributed by atoms with van der Waals surface area (Å²) in [6, 6.07) is 73.0. The number of rotatable bonds is 6. The molecule has 3 aromatic heterocycles. The zero-order valence-corrected chi connectivity index (χ0v) is 30.4. The van der Waals surface area contributed by atoms with Gasteiger partial charge in [0.1, 0.15) is 0 Å².